The number of nitrogens with zero attached hydrogens (tertiary/aromatic N) is 6. The molecular formula is C24H30ClN7O. The minimum absolute atomic E-state index is 0.0796. The Bertz CT molecular complexity index is 1130. The molecule has 3 heterocycles. The fourth-order valence-corrected chi connectivity index (χ4v) is 5.11. The predicted molar refractivity (Wildman–Crippen MR) is 128 cm³/mol. The zero-order valence-corrected chi connectivity index (χ0v) is 20.0. The first-order valence-electron chi connectivity index (χ1n) is 11.6. The summed E-state index contributed by atoms with van der Waals surface area (Å²) in [6, 6.07) is 8.38. The van der Waals surface area contributed by atoms with Crippen LogP contribution in [0.15, 0.2) is 30.6 Å². The quantitative estimate of drug-likeness (QED) is 0.573. The molecule has 1 unspecified atom stereocenters. The Balaban J connectivity index is 1.44. The van der Waals surface area contributed by atoms with Crippen LogP contribution >= 0.6 is 11.6 Å². The molecule has 0 amide bonds. The molecule has 174 valence electrons. The van der Waals surface area contributed by atoms with Crippen LogP contribution in [0.1, 0.15) is 73.6 Å². The van der Waals surface area contributed by atoms with E-state index in [1.807, 2.05) is 12.1 Å². The molecule has 2 aliphatic rings. The highest BCUT2D eigenvalue weighted by Crippen LogP contribution is 2.43. The normalized spacial score (nSPS) is 20.7. The van der Waals surface area contributed by atoms with Gasteiger partial charge in [-0.2, -0.15) is 0 Å². The third kappa shape index (κ3) is 4.23. The van der Waals surface area contributed by atoms with Crippen LogP contribution in [0.4, 0.5) is 5.82 Å². The number of aromatic nitrogens is 5. The molecule has 1 aliphatic heterocycles. The molecule has 0 spiro atoms. The van der Waals surface area contributed by atoms with E-state index in [4.69, 9.17) is 11.6 Å². The van der Waals surface area contributed by atoms with E-state index in [0.717, 1.165) is 53.4 Å². The molecule has 0 saturated heterocycles. The average Bonchev–Trinajstić information content (AvgIpc) is 3.35. The molecule has 2 aromatic heterocycles. The monoisotopic (exact) mass is 467 g/mol. The van der Waals surface area contributed by atoms with Gasteiger partial charge in [-0.3, -0.25) is 0 Å². The van der Waals surface area contributed by atoms with E-state index in [1.54, 1.807) is 6.33 Å². The Morgan fingerprint density at radius 3 is 2.70 bits per heavy atom. The summed E-state index contributed by atoms with van der Waals surface area (Å²) >= 11 is 6.14. The van der Waals surface area contributed by atoms with Crippen LogP contribution in [0, 0.1) is 0 Å². The van der Waals surface area contributed by atoms with E-state index in [2.05, 4.69) is 67.9 Å². The number of aliphatic hydroxyl groups excluding tert-OH is 1. The maximum atomic E-state index is 10.4. The van der Waals surface area contributed by atoms with Crippen LogP contribution < -0.4 is 10.2 Å². The van der Waals surface area contributed by atoms with Crippen molar-refractivity contribution in [3.63, 3.8) is 0 Å². The highest BCUT2D eigenvalue weighted by atomic mass is 35.5. The summed E-state index contributed by atoms with van der Waals surface area (Å²) in [5, 5.41) is 23.9. The van der Waals surface area contributed by atoms with Gasteiger partial charge in [-0.05, 0) is 30.0 Å². The first-order valence-corrected chi connectivity index (χ1v) is 12.0. The fraction of sp³-hybridized carbons (Fsp3) is 0.500. The summed E-state index contributed by atoms with van der Waals surface area (Å²) in [6.07, 6.45) is 1.75. The van der Waals surface area contributed by atoms with Crippen LogP contribution in [-0.2, 0) is 13.1 Å². The lowest BCUT2D eigenvalue weighted by Crippen LogP contribution is -2.37. The number of halogens is 1. The van der Waals surface area contributed by atoms with Gasteiger partial charge in [0.15, 0.2) is 5.82 Å². The number of anilines is 1. The third-order valence-electron chi connectivity index (χ3n) is 6.67. The molecule has 0 bridgehead atoms. The van der Waals surface area contributed by atoms with Gasteiger partial charge in [-0.15, -0.1) is 10.2 Å². The lowest BCUT2D eigenvalue weighted by Gasteiger charge is -2.31. The first kappa shape index (κ1) is 22.3. The number of fused-ring (bicyclic) bond motifs is 2. The van der Waals surface area contributed by atoms with E-state index >= 15 is 0 Å². The molecule has 5 rings (SSSR count). The van der Waals surface area contributed by atoms with E-state index in [9.17, 15) is 5.11 Å². The van der Waals surface area contributed by atoms with E-state index < -0.39 is 6.10 Å². The molecule has 0 fully saturated rings. The minimum atomic E-state index is -0.509. The standard InChI is InChI=1S/C24H30ClN7O/c1-14(2)26-11-18(16-4-6-17(25)7-5-16)23-30-29-20-12-31(8-9-32(20)23)24-21-15(3)10-19(33)22(21)27-13-28-24/h4-7,13-15,18-19,26,33H,8-12H2,1-3H3/t15-,18?,19-/m1/s1. The largest absolute Gasteiger partial charge is 0.387 e. The van der Waals surface area contributed by atoms with Crippen LogP contribution in [0.2, 0.25) is 5.02 Å². The molecule has 8 nitrogen and oxygen atoms in total. The summed E-state index contributed by atoms with van der Waals surface area (Å²) < 4.78 is 2.25. The maximum absolute atomic E-state index is 10.4. The smallest absolute Gasteiger partial charge is 0.152 e. The number of rotatable bonds is 6. The van der Waals surface area contributed by atoms with Crippen LogP contribution in [0.25, 0.3) is 0 Å². The van der Waals surface area contributed by atoms with Gasteiger partial charge in [0, 0.05) is 36.3 Å². The maximum Gasteiger partial charge on any atom is 0.152 e. The van der Waals surface area contributed by atoms with Crippen molar-refractivity contribution in [2.75, 3.05) is 18.0 Å². The molecule has 2 N–H and O–H groups in total. The topological polar surface area (TPSA) is 92.0 Å². The van der Waals surface area contributed by atoms with Crippen molar-refractivity contribution in [2.24, 2.45) is 0 Å². The van der Waals surface area contributed by atoms with Gasteiger partial charge in [0.2, 0.25) is 0 Å². The Hall–Kier alpha value is -2.55. The number of nitrogens with one attached hydrogen (secondary N) is 1. The Kier molecular flexibility index (Phi) is 6.07. The van der Waals surface area contributed by atoms with Gasteiger partial charge >= 0.3 is 0 Å². The van der Waals surface area contributed by atoms with Crippen LogP contribution in [-0.4, -0.2) is 49.0 Å². The zero-order valence-electron chi connectivity index (χ0n) is 19.2. The van der Waals surface area contributed by atoms with Crippen molar-refractivity contribution in [3.05, 3.63) is 64.1 Å². The van der Waals surface area contributed by atoms with Gasteiger partial charge < -0.3 is 19.9 Å². The number of aliphatic hydroxyl groups is 1. The number of benzene rings is 1. The van der Waals surface area contributed by atoms with Crippen molar-refractivity contribution < 1.29 is 5.11 Å². The molecule has 0 radical (unpaired) electrons. The SMILES string of the molecule is CC(C)NCC(c1ccc(Cl)cc1)c1nnc2n1CCN(c1ncnc3c1[C@H](C)C[C@H]3O)C2. The second-order valence-corrected chi connectivity index (χ2v) is 9.80. The lowest BCUT2D eigenvalue weighted by atomic mass is 9.97. The van der Waals surface area contributed by atoms with Gasteiger partial charge in [0.25, 0.3) is 0 Å². The summed E-state index contributed by atoms with van der Waals surface area (Å²) in [6.45, 7) is 9.40. The summed E-state index contributed by atoms with van der Waals surface area (Å²) in [5.41, 5.74) is 3.00. The Morgan fingerprint density at radius 2 is 1.94 bits per heavy atom. The Labute approximate surface area is 199 Å². The predicted octanol–water partition coefficient (Wildman–Crippen LogP) is 3.41. The highest BCUT2D eigenvalue weighted by molar-refractivity contribution is 6.30. The van der Waals surface area contributed by atoms with Gasteiger partial charge in [-0.1, -0.05) is 44.5 Å². The molecule has 9 heteroatoms. The van der Waals surface area contributed by atoms with Crippen LogP contribution in [0.3, 0.4) is 0 Å². The average molecular weight is 468 g/mol. The van der Waals surface area contributed by atoms with Crippen molar-refractivity contribution >= 4 is 17.4 Å². The van der Waals surface area contributed by atoms with E-state index in [0.29, 0.717) is 19.0 Å². The summed E-state index contributed by atoms with van der Waals surface area (Å²) in [4.78, 5) is 11.2. The van der Waals surface area contributed by atoms with Crippen molar-refractivity contribution in [1.82, 2.24) is 30.0 Å². The third-order valence-corrected chi connectivity index (χ3v) is 6.93. The summed E-state index contributed by atoms with van der Waals surface area (Å²) in [5.74, 6) is 3.12. The lowest BCUT2D eigenvalue weighted by molar-refractivity contribution is 0.170. The van der Waals surface area contributed by atoms with Gasteiger partial charge in [0.05, 0.1) is 24.3 Å². The van der Waals surface area contributed by atoms with Crippen molar-refractivity contribution in [2.45, 2.75) is 64.3 Å². The molecule has 0 saturated carbocycles. The number of hydrogen-bond donors (Lipinski definition) is 2. The molecular weight excluding hydrogens is 438 g/mol. The summed E-state index contributed by atoms with van der Waals surface area (Å²) in [7, 11) is 0. The fourth-order valence-electron chi connectivity index (χ4n) is 4.98. The molecule has 1 aromatic carbocycles. The molecule has 33 heavy (non-hydrogen) atoms. The van der Waals surface area contributed by atoms with Gasteiger partial charge in [0.1, 0.15) is 18.0 Å². The molecule has 3 aromatic rings. The zero-order chi connectivity index (χ0) is 23.1. The highest BCUT2D eigenvalue weighted by Gasteiger charge is 2.34. The minimum Gasteiger partial charge on any atom is -0.387 e. The van der Waals surface area contributed by atoms with Crippen molar-refractivity contribution in [1.29, 1.82) is 0 Å². The molecule has 1 aliphatic carbocycles. The second kappa shape index (κ2) is 9.00. The second-order valence-electron chi connectivity index (χ2n) is 9.36. The van der Waals surface area contributed by atoms with E-state index in [1.165, 1.54) is 5.56 Å². The van der Waals surface area contributed by atoms with Gasteiger partial charge in [-0.25, -0.2) is 9.97 Å². The Morgan fingerprint density at radius 1 is 1.15 bits per heavy atom. The first-order chi connectivity index (χ1) is 15.9. The number of hydrogen-bond acceptors (Lipinski definition) is 7. The van der Waals surface area contributed by atoms with E-state index in [-0.39, 0.29) is 11.8 Å². The molecule has 3 atom stereocenters. The van der Waals surface area contributed by atoms with Crippen LogP contribution in [0.5, 0.6) is 0 Å². The van der Waals surface area contributed by atoms with Crippen molar-refractivity contribution in [3.8, 4) is 0 Å².